The van der Waals surface area contributed by atoms with Crippen LogP contribution in [0.15, 0.2) is 6.33 Å². The first-order valence-corrected chi connectivity index (χ1v) is 5.78. The van der Waals surface area contributed by atoms with Crippen molar-refractivity contribution >= 4 is 11.6 Å². The highest BCUT2D eigenvalue weighted by Gasteiger charge is 2.45. The molecule has 1 aliphatic carbocycles. The van der Waals surface area contributed by atoms with Crippen molar-refractivity contribution in [2.24, 2.45) is 11.3 Å². The van der Waals surface area contributed by atoms with Crippen molar-refractivity contribution in [3.8, 4) is 0 Å². The molecular weight excluding hydrogens is 200 g/mol. The summed E-state index contributed by atoms with van der Waals surface area (Å²) in [4.78, 5) is 8.44. The smallest absolute Gasteiger partial charge is 0.134 e. The summed E-state index contributed by atoms with van der Waals surface area (Å²) in [6.07, 6.45) is 2.90. The summed E-state index contributed by atoms with van der Waals surface area (Å²) in [6, 6.07) is 0. The van der Waals surface area contributed by atoms with Crippen LogP contribution in [0.25, 0.3) is 0 Å². The highest BCUT2D eigenvalue weighted by molar-refractivity contribution is 5.56. The quantitative estimate of drug-likeness (QED) is 0.817. The molecule has 0 saturated heterocycles. The minimum absolute atomic E-state index is 0.514. The predicted molar refractivity (Wildman–Crippen MR) is 66.7 cm³/mol. The van der Waals surface area contributed by atoms with Gasteiger partial charge in [0.2, 0.25) is 0 Å². The summed E-state index contributed by atoms with van der Waals surface area (Å²) in [5.74, 6) is 2.62. The first kappa shape index (κ1) is 11.2. The number of hydrogen-bond donors (Lipinski definition) is 2. The van der Waals surface area contributed by atoms with Gasteiger partial charge in [0, 0.05) is 19.2 Å². The van der Waals surface area contributed by atoms with E-state index in [4.69, 9.17) is 0 Å². The summed E-state index contributed by atoms with van der Waals surface area (Å²) in [5.41, 5.74) is 1.60. The van der Waals surface area contributed by atoms with Crippen LogP contribution in [0.5, 0.6) is 0 Å². The van der Waals surface area contributed by atoms with Crippen LogP contribution in [0.2, 0.25) is 0 Å². The Bertz CT molecular complexity index is 387. The third kappa shape index (κ3) is 2.10. The highest BCUT2D eigenvalue weighted by atomic mass is 15.1. The molecule has 1 fully saturated rings. The number of nitrogens with zero attached hydrogens (tertiary/aromatic N) is 2. The van der Waals surface area contributed by atoms with Gasteiger partial charge in [-0.2, -0.15) is 0 Å². The van der Waals surface area contributed by atoms with E-state index >= 15 is 0 Å². The zero-order valence-electron chi connectivity index (χ0n) is 10.5. The highest BCUT2D eigenvalue weighted by Crippen LogP contribution is 2.51. The van der Waals surface area contributed by atoms with E-state index in [1.165, 1.54) is 6.42 Å². The average Bonchev–Trinajstić information content (AvgIpc) is 2.85. The monoisotopic (exact) mass is 220 g/mol. The number of rotatable bonds is 4. The maximum absolute atomic E-state index is 4.27. The summed E-state index contributed by atoms with van der Waals surface area (Å²) < 4.78 is 0. The van der Waals surface area contributed by atoms with Gasteiger partial charge in [0.25, 0.3) is 0 Å². The van der Waals surface area contributed by atoms with Crippen molar-refractivity contribution in [3.63, 3.8) is 0 Å². The molecule has 1 heterocycles. The van der Waals surface area contributed by atoms with Crippen LogP contribution in [0.4, 0.5) is 11.6 Å². The number of anilines is 2. The van der Waals surface area contributed by atoms with E-state index in [0.29, 0.717) is 5.41 Å². The predicted octanol–water partition coefficient (Wildman–Crippen LogP) is 2.28. The molecule has 1 aliphatic rings. The minimum atomic E-state index is 0.514. The van der Waals surface area contributed by atoms with E-state index in [9.17, 15) is 0 Å². The van der Waals surface area contributed by atoms with Gasteiger partial charge in [0.1, 0.15) is 18.0 Å². The maximum atomic E-state index is 4.27. The van der Waals surface area contributed by atoms with Gasteiger partial charge in [-0.15, -0.1) is 0 Å². The summed E-state index contributed by atoms with van der Waals surface area (Å²) in [6.45, 7) is 7.66. The lowest BCUT2D eigenvalue weighted by Gasteiger charge is -2.11. The van der Waals surface area contributed by atoms with E-state index in [-0.39, 0.29) is 0 Å². The summed E-state index contributed by atoms with van der Waals surface area (Å²) in [5, 5.41) is 6.48. The molecule has 4 heteroatoms. The largest absolute Gasteiger partial charge is 0.373 e. The van der Waals surface area contributed by atoms with Crippen LogP contribution in [0, 0.1) is 18.3 Å². The van der Waals surface area contributed by atoms with Gasteiger partial charge in [-0.25, -0.2) is 9.97 Å². The normalized spacial score (nSPS) is 21.6. The molecule has 1 unspecified atom stereocenters. The summed E-state index contributed by atoms with van der Waals surface area (Å²) in [7, 11) is 1.88. The van der Waals surface area contributed by atoms with E-state index < -0.39 is 0 Å². The van der Waals surface area contributed by atoms with Crippen LogP contribution in [-0.4, -0.2) is 23.6 Å². The van der Waals surface area contributed by atoms with Crippen molar-refractivity contribution in [2.75, 3.05) is 24.2 Å². The third-order valence-electron chi connectivity index (χ3n) is 3.55. The van der Waals surface area contributed by atoms with E-state index in [1.807, 2.05) is 14.0 Å². The van der Waals surface area contributed by atoms with Gasteiger partial charge >= 0.3 is 0 Å². The van der Waals surface area contributed by atoms with E-state index in [2.05, 4.69) is 34.4 Å². The van der Waals surface area contributed by atoms with Crippen LogP contribution in [-0.2, 0) is 0 Å². The second-order valence-corrected chi connectivity index (χ2v) is 5.22. The molecule has 1 saturated carbocycles. The van der Waals surface area contributed by atoms with E-state index in [0.717, 1.165) is 29.7 Å². The van der Waals surface area contributed by atoms with E-state index in [1.54, 1.807) is 6.33 Å². The van der Waals surface area contributed by atoms with Gasteiger partial charge in [-0.05, 0) is 24.7 Å². The molecule has 0 bridgehead atoms. The van der Waals surface area contributed by atoms with Crippen LogP contribution >= 0.6 is 0 Å². The van der Waals surface area contributed by atoms with Gasteiger partial charge in [0.05, 0.1) is 0 Å². The van der Waals surface area contributed by atoms with Crippen molar-refractivity contribution in [2.45, 2.75) is 27.2 Å². The Labute approximate surface area is 96.9 Å². The molecule has 1 atom stereocenters. The lowest BCUT2D eigenvalue weighted by atomic mass is 10.1. The molecule has 88 valence electrons. The number of aromatic nitrogens is 2. The number of nitrogens with one attached hydrogen (secondary N) is 2. The van der Waals surface area contributed by atoms with Gasteiger partial charge < -0.3 is 10.6 Å². The Balaban J connectivity index is 1.99. The Kier molecular flexibility index (Phi) is 2.74. The zero-order chi connectivity index (χ0) is 11.8. The van der Waals surface area contributed by atoms with Crippen LogP contribution < -0.4 is 10.6 Å². The fourth-order valence-electron chi connectivity index (χ4n) is 2.02. The Morgan fingerprint density at radius 2 is 2.00 bits per heavy atom. The maximum Gasteiger partial charge on any atom is 0.134 e. The van der Waals surface area contributed by atoms with Crippen molar-refractivity contribution in [3.05, 3.63) is 11.9 Å². The fraction of sp³-hybridized carbons (Fsp3) is 0.667. The fourth-order valence-corrected chi connectivity index (χ4v) is 2.02. The van der Waals surface area contributed by atoms with Gasteiger partial charge in [-0.3, -0.25) is 0 Å². The Hall–Kier alpha value is -1.32. The molecule has 4 nitrogen and oxygen atoms in total. The Morgan fingerprint density at radius 3 is 2.56 bits per heavy atom. The lowest BCUT2D eigenvalue weighted by molar-refractivity contribution is 0.572. The standard InChI is InChI=1S/C12H20N4/c1-8-10(13-4)15-7-16-11(8)14-6-9-5-12(9,2)3/h7,9H,5-6H2,1-4H3,(H2,13,14,15,16). The molecule has 0 spiro atoms. The third-order valence-corrected chi connectivity index (χ3v) is 3.55. The Morgan fingerprint density at radius 1 is 1.38 bits per heavy atom. The van der Waals surface area contributed by atoms with Crippen LogP contribution in [0.1, 0.15) is 25.8 Å². The topological polar surface area (TPSA) is 49.8 Å². The summed E-state index contributed by atoms with van der Waals surface area (Å²) >= 11 is 0. The molecule has 1 aromatic rings. The number of hydrogen-bond acceptors (Lipinski definition) is 4. The van der Waals surface area contributed by atoms with Crippen molar-refractivity contribution in [1.29, 1.82) is 0 Å². The molecule has 2 rings (SSSR count). The first-order valence-electron chi connectivity index (χ1n) is 5.78. The van der Waals surface area contributed by atoms with Crippen molar-refractivity contribution in [1.82, 2.24) is 9.97 Å². The van der Waals surface area contributed by atoms with Crippen molar-refractivity contribution < 1.29 is 0 Å². The molecule has 1 aromatic heterocycles. The lowest BCUT2D eigenvalue weighted by Crippen LogP contribution is -2.11. The van der Waals surface area contributed by atoms with Gasteiger partial charge in [0.15, 0.2) is 0 Å². The molecule has 2 N–H and O–H groups in total. The molecule has 16 heavy (non-hydrogen) atoms. The first-order chi connectivity index (χ1) is 7.54. The molecule has 0 radical (unpaired) electrons. The molecule has 0 aromatic carbocycles. The van der Waals surface area contributed by atoms with Gasteiger partial charge in [-0.1, -0.05) is 13.8 Å². The SMILES string of the molecule is CNc1ncnc(NCC2CC2(C)C)c1C. The second kappa shape index (κ2) is 3.92. The molecule has 0 aliphatic heterocycles. The molecular formula is C12H20N4. The zero-order valence-corrected chi connectivity index (χ0v) is 10.5. The van der Waals surface area contributed by atoms with Crippen LogP contribution in [0.3, 0.4) is 0 Å². The second-order valence-electron chi connectivity index (χ2n) is 5.22. The molecule has 0 amide bonds. The average molecular weight is 220 g/mol. The minimum Gasteiger partial charge on any atom is -0.373 e.